The predicted octanol–water partition coefficient (Wildman–Crippen LogP) is 5.51. The molecule has 0 N–H and O–H groups in total. The minimum absolute atomic E-state index is 0.155. The molecule has 3 aromatic rings. The number of hydrogen-bond donors (Lipinski definition) is 0. The van der Waals surface area contributed by atoms with Crippen molar-refractivity contribution < 1.29 is 8.81 Å². The minimum Gasteiger partial charge on any atom is -0.469 e. The summed E-state index contributed by atoms with van der Waals surface area (Å²) in [6.45, 7) is 6.01. The molecule has 7 heteroatoms. The molecule has 0 aliphatic carbocycles. The smallest absolute Gasteiger partial charge is 0.192 e. The monoisotopic (exact) mass is 365 g/mol. The number of halogens is 2. The molecule has 2 heterocycles. The topological polar surface area (TPSA) is 43.9 Å². The molecule has 0 unspecified atom stereocenters. The highest BCUT2D eigenvalue weighted by atomic mass is 35.5. The number of aryl methyl sites for hydroxylation is 1. The van der Waals surface area contributed by atoms with Crippen LogP contribution >= 0.6 is 23.4 Å². The molecule has 0 aliphatic rings. The van der Waals surface area contributed by atoms with Gasteiger partial charge in [-0.25, -0.2) is 4.39 Å². The Morgan fingerprint density at radius 2 is 2.08 bits per heavy atom. The molecule has 0 saturated heterocycles. The van der Waals surface area contributed by atoms with Crippen molar-refractivity contribution in [1.82, 2.24) is 14.8 Å². The molecule has 24 heavy (non-hydrogen) atoms. The maximum absolute atomic E-state index is 13.9. The minimum atomic E-state index is -0.309. The van der Waals surface area contributed by atoms with E-state index in [1.54, 1.807) is 18.4 Å². The second-order valence-corrected chi connectivity index (χ2v) is 7.00. The van der Waals surface area contributed by atoms with Gasteiger partial charge in [0.05, 0.1) is 11.8 Å². The van der Waals surface area contributed by atoms with Crippen LogP contribution in [0.4, 0.5) is 4.39 Å². The Kier molecular flexibility index (Phi) is 4.96. The number of hydrogen-bond acceptors (Lipinski definition) is 4. The van der Waals surface area contributed by atoms with Crippen molar-refractivity contribution in [2.45, 2.75) is 37.7 Å². The second kappa shape index (κ2) is 6.99. The Hall–Kier alpha value is -1.79. The van der Waals surface area contributed by atoms with Gasteiger partial charge in [0.1, 0.15) is 11.6 Å². The molecule has 2 aromatic heterocycles. The quantitative estimate of drug-likeness (QED) is 0.559. The average molecular weight is 366 g/mol. The highest BCUT2D eigenvalue weighted by molar-refractivity contribution is 7.98. The van der Waals surface area contributed by atoms with E-state index >= 15 is 0 Å². The number of furan rings is 1. The molecule has 0 radical (unpaired) electrons. The summed E-state index contributed by atoms with van der Waals surface area (Å²) in [4.78, 5) is 0. The highest BCUT2D eigenvalue weighted by Gasteiger charge is 2.20. The van der Waals surface area contributed by atoms with Crippen molar-refractivity contribution in [3.8, 4) is 11.4 Å². The van der Waals surface area contributed by atoms with Crippen molar-refractivity contribution >= 4 is 23.4 Å². The number of aromatic nitrogens is 3. The SMILES string of the molecule is Cc1occc1-c1nnc(SCc2c(F)cccc2Cl)n1C(C)C. The molecular formula is C17H17ClFN3OS. The third kappa shape index (κ3) is 3.21. The Morgan fingerprint density at radius 3 is 2.71 bits per heavy atom. The van der Waals surface area contributed by atoms with Gasteiger partial charge >= 0.3 is 0 Å². The van der Waals surface area contributed by atoms with Crippen LogP contribution in [0.3, 0.4) is 0 Å². The number of thioether (sulfide) groups is 1. The first-order chi connectivity index (χ1) is 11.5. The van der Waals surface area contributed by atoms with Crippen molar-refractivity contribution in [3.05, 3.63) is 52.7 Å². The van der Waals surface area contributed by atoms with Gasteiger partial charge in [0, 0.05) is 22.4 Å². The van der Waals surface area contributed by atoms with Crippen molar-refractivity contribution in [2.24, 2.45) is 0 Å². The van der Waals surface area contributed by atoms with Crippen LogP contribution in [-0.2, 0) is 5.75 Å². The molecule has 0 bridgehead atoms. The van der Waals surface area contributed by atoms with E-state index in [9.17, 15) is 4.39 Å². The fourth-order valence-corrected chi connectivity index (χ4v) is 3.86. The maximum atomic E-state index is 13.9. The predicted molar refractivity (Wildman–Crippen MR) is 93.8 cm³/mol. The lowest BCUT2D eigenvalue weighted by atomic mass is 10.2. The molecule has 1 aromatic carbocycles. The molecule has 0 spiro atoms. The fraction of sp³-hybridized carbons (Fsp3) is 0.294. The van der Waals surface area contributed by atoms with Crippen LogP contribution in [0.25, 0.3) is 11.4 Å². The van der Waals surface area contributed by atoms with E-state index in [4.69, 9.17) is 16.0 Å². The van der Waals surface area contributed by atoms with E-state index in [0.717, 1.165) is 22.3 Å². The van der Waals surface area contributed by atoms with Gasteiger partial charge in [0.25, 0.3) is 0 Å². The molecule has 3 rings (SSSR count). The molecule has 0 atom stereocenters. The van der Waals surface area contributed by atoms with Crippen LogP contribution in [0.2, 0.25) is 5.02 Å². The molecule has 0 fully saturated rings. The van der Waals surface area contributed by atoms with Crippen LogP contribution in [0.15, 0.2) is 40.1 Å². The Labute approximate surface area is 149 Å². The lowest BCUT2D eigenvalue weighted by Crippen LogP contribution is -2.05. The summed E-state index contributed by atoms with van der Waals surface area (Å²) in [5.74, 6) is 1.62. The van der Waals surface area contributed by atoms with Gasteiger partial charge in [-0.2, -0.15) is 0 Å². The lowest BCUT2D eigenvalue weighted by molar-refractivity contribution is 0.531. The Morgan fingerprint density at radius 1 is 1.29 bits per heavy atom. The van der Waals surface area contributed by atoms with Crippen molar-refractivity contribution in [3.63, 3.8) is 0 Å². The highest BCUT2D eigenvalue weighted by Crippen LogP contribution is 2.33. The summed E-state index contributed by atoms with van der Waals surface area (Å²) in [6.07, 6.45) is 1.63. The molecular weight excluding hydrogens is 349 g/mol. The zero-order chi connectivity index (χ0) is 17.3. The summed E-state index contributed by atoms with van der Waals surface area (Å²) in [7, 11) is 0. The Balaban J connectivity index is 1.92. The van der Waals surface area contributed by atoms with Crippen LogP contribution in [-0.4, -0.2) is 14.8 Å². The van der Waals surface area contributed by atoms with Gasteiger partial charge in [-0.15, -0.1) is 10.2 Å². The molecule has 0 aliphatic heterocycles. The summed E-state index contributed by atoms with van der Waals surface area (Å²) in [6, 6.07) is 6.73. The van der Waals surface area contributed by atoms with Crippen molar-refractivity contribution in [2.75, 3.05) is 0 Å². The average Bonchev–Trinajstić information content (AvgIpc) is 3.12. The number of nitrogens with zero attached hydrogens (tertiary/aromatic N) is 3. The lowest BCUT2D eigenvalue weighted by Gasteiger charge is -2.13. The van der Waals surface area contributed by atoms with Crippen LogP contribution in [0.1, 0.15) is 31.2 Å². The molecule has 0 amide bonds. The van der Waals surface area contributed by atoms with Gasteiger partial charge in [0.15, 0.2) is 11.0 Å². The van der Waals surface area contributed by atoms with Gasteiger partial charge in [-0.3, -0.25) is 4.57 Å². The normalized spacial score (nSPS) is 11.4. The summed E-state index contributed by atoms with van der Waals surface area (Å²) >= 11 is 7.51. The van der Waals surface area contributed by atoms with Gasteiger partial charge in [0.2, 0.25) is 0 Å². The van der Waals surface area contributed by atoms with E-state index in [-0.39, 0.29) is 11.9 Å². The van der Waals surface area contributed by atoms with E-state index in [0.29, 0.717) is 16.3 Å². The van der Waals surface area contributed by atoms with Crippen molar-refractivity contribution in [1.29, 1.82) is 0 Å². The van der Waals surface area contributed by atoms with Gasteiger partial charge < -0.3 is 4.42 Å². The largest absolute Gasteiger partial charge is 0.469 e. The van der Waals surface area contributed by atoms with E-state index in [1.165, 1.54) is 17.8 Å². The number of benzene rings is 1. The summed E-state index contributed by atoms with van der Waals surface area (Å²) in [5, 5.41) is 9.72. The Bertz CT molecular complexity index is 839. The van der Waals surface area contributed by atoms with E-state index in [2.05, 4.69) is 24.0 Å². The van der Waals surface area contributed by atoms with E-state index in [1.807, 2.05) is 17.6 Å². The first-order valence-corrected chi connectivity index (χ1v) is 8.90. The molecule has 126 valence electrons. The third-order valence-corrected chi connectivity index (χ3v) is 5.01. The third-order valence-electron chi connectivity index (χ3n) is 3.69. The first kappa shape index (κ1) is 17.0. The first-order valence-electron chi connectivity index (χ1n) is 7.54. The summed E-state index contributed by atoms with van der Waals surface area (Å²) < 4.78 is 21.3. The number of rotatable bonds is 5. The van der Waals surface area contributed by atoms with Gasteiger partial charge in [-0.1, -0.05) is 29.4 Å². The van der Waals surface area contributed by atoms with Crippen LogP contribution < -0.4 is 0 Å². The fourth-order valence-electron chi connectivity index (χ4n) is 2.45. The molecule has 4 nitrogen and oxygen atoms in total. The van der Waals surface area contributed by atoms with E-state index < -0.39 is 0 Å². The maximum Gasteiger partial charge on any atom is 0.192 e. The molecule has 0 saturated carbocycles. The van der Waals surface area contributed by atoms with Gasteiger partial charge in [-0.05, 0) is 39.0 Å². The summed E-state index contributed by atoms with van der Waals surface area (Å²) in [5.41, 5.74) is 1.38. The zero-order valence-electron chi connectivity index (χ0n) is 13.6. The zero-order valence-corrected chi connectivity index (χ0v) is 15.2. The van der Waals surface area contributed by atoms with Crippen LogP contribution in [0, 0.1) is 12.7 Å². The standard InChI is InChI=1S/C17H17ClFN3OS/c1-10(2)22-16(12-7-8-23-11(12)3)20-21-17(22)24-9-13-14(18)5-4-6-15(13)19/h4-8,10H,9H2,1-3H3. The second-order valence-electron chi connectivity index (χ2n) is 5.65. The van der Waals surface area contributed by atoms with Crippen LogP contribution in [0.5, 0.6) is 0 Å².